The average molecular weight is 304 g/mol. The molecule has 1 aromatic carbocycles. The van der Waals surface area contributed by atoms with Gasteiger partial charge in [0, 0.05) is 6.61 Å². The Morgan fingerprint density at radius 2 is 2.10 bits per heavy atom. The van der Waals surface area contributed by atoms with Crippen LogP contribution in [0.3, 0.4) is 0 Å². The van der Waals surface area contributed by atoms with Crippen LogP contribution in [0.5, 0.6) is 5.75 Å². The summed E-state index contributed by atoms with van der Waals surface area (Å²) >= 11 is 0. The molecular formula is C15H19F3O3. The topological polar surface area (TPSA) is 38.7 Å². The molecule has 21 heavy (non-hydrogen) atoms. The molecule has 0 bridgehead atoms. The Kier molecular flexibility index (Phi) is 5.47. The van der Waals surface area contributed by atoms with E-state index >= 15 is 0 Å². The number of hydrogen-bond donors (Lipinski definition) is 1. The number of hydrogen-bond acceptors (Lipinski definition) is 3. The van der Waals surface area contributed by atoms with Gasteiger partial charge in [-0.05, 0) is 36.8 Å². The highest BCUT2D eigenvalue weighted by atomic mass is 19.4. The van der Waals surface area contributed by atoms with E-state index in [9.17, 15) is 18.3 Å². The molecule has 0 aromatic heterocycles. The first-order valence-corrected chi connectivity index (χ1v) is 7.00. The second-order valence-electron chi connectivity index (χ2n) is 5.22. The molecule has 6 heteroatoms. The first-order valence-electron chi connectivity index (χ1n) is 7.00. The predicted molar refractivity (Wildman–Crippen MR) is 71.4 cm³/mol. The van der Waals surface area contributed by atoms with Crippen molar-refractivity contribution in [2.24, 2.45) is 0 Å². The van der Waals surface area contributed by atoms with Gasteiger partial charge in [-0.25, -0.2) is 0 Å². The molecule has 1 aliphatic rings. The van der Waals surface area contributed by atoms with Crippen LogP contribution in [0, 0.1) is 0 Å². The summed E-state index contributed by atoms with van der Waals surface area (Å²) in [4.78, 5) is 0. The third kappa shape index (κ3) is 5.21. The summed E-state index contributed by atoms with van der Waals surface area (Å²) in [6.45, 7) is -0.760. The van der Waals surface area contributed by atoms with Crippen LogP contribution in [0.1, 0.15) is 30.7 Å². The highest BCUT2D eigenvalue weighted by Gasteiger charge is 2.28. The normalized spacial score (nSPS) is 19.7. The Balaban J connectivity index is 1.77. The van der Waals surface area contributed by atoms with Crippen LogP contribution >= 0.6 is 0 Å². The van der Waals surface area contributed by atoms with Crippen molar-refractivity contribution in [1.29, 1.82) is 0 Å². The van der Waals surface area contributed by atoms with Crippen LogP contribution in [0.25, 0.3) is 0 Å². The molecule has 0 saturated heterocycles. The second kappa shape index (κ2) is 7.13. The number of aliphatic hydroxyl groups is 1. The van der Waals surface area contributed by atoms with Crippen LogP contribution in [0.15, 0.2) is 24.3 Å². The molecule has 1 aliphatic heterocycles. The van der Waals surface area contributed by atoms with Gasteiger partial charge in [-0.15, -0.1) is 0 Å². The van der Waals surface area contributed by atoms with E-state index in [1.165, 1.54) is 0 Å². The van der Waals surface area contributed by atoms with E-state index < -0.39 is 18.9 Å². The first kappa shape index (κ1) is 16.1. The highest BCUT2D eigenvalue weighted by molar-refractivity contribution is 5.37. The van der Waals surface area contributed by atoms with Crippen LogP contribution in [-0.2, 0) is 4.74 Å². The molecule has 2 unspecified atom stereocenters. The molecule has 2 atom stereocenters. The van der Waals surface area contributed by atoms with E-state index in [2.05, 4.69) is 4.74 Å². The van der Waals surface area contributed by atoms with Gasteiger partial charge in [0.1, 0.15) is 12.4 Å². The van der Waals surface area contributed by atoms with Crippen molar-refractivity contribution in [1.82, 2.24) is 0 Å². The third-order valence-corrected chi connectivity index (χ3v) is 3.50. The van der Waals surface area contributed by atoms with E-state index in [1.54, 1.807) is 0 Å². The third-order valence-electron chi connectivity index (χ3n) is 3.50. The Morgan fingerprint density at radius 1 is 1.33 bits per heavy atom. The van der Waals surface area contributed by atoms with Crippen LogP contribution in [0.2, 0.25) is 0 Å². The number of alkyl halides is 3. The summed E-state index contributed by atoms with van der Waals surface area (Å²) < 4.78 is 45.8. The van der Waals surface area contributed by atoms with Crippen molar-refractivity contribution < 1.29 is 27.8 Å². The SMILES string of the molecule is OC(CCOCC(F)(F)F)CC1CCOc2ccccc21. The van der Waals surface area contributed by atoms with Crippen molar-refractivity contribution in [2.75, 3.05) is 19.8 Å². The standard InChI is InChI=1S/C15H19F3O3/c16-15(17,18)10-20-7-6-12(19)9-11-5-8-21-14-4-2-1-3-13(11)14/h1-4,11-12,19H,5-10H2. The number of fused-ring (bicyclic) bond motifs is 1. The maximum atomic E-state index is 11.9. The largest absolute Gasteiger partial charge is 0.493 e. The van der Waals surface area contributed by atoms with Gasteiger partial charge in [0.05, 0.1) is 12.7 Å². The number of para-hydroxylation sites is 1. The summed E-state index contributed by atoms with van der Waals surface area (Å²) in [5.41, 5.74) is 1.05. The second-order valence-corrected chi connectivity index (χ2v) is 5.22. The lowest BCUT2D eigenvalue weighted by molar-refractivity contribution is -0.175. The van der Waals surface area contributed by atoms with Crippen molar-refractivity contribution in [3.05, 3.63) is 29.8 Å². The molecule has 0 spiro atoms. The van der Waals surface area contributed by atoms with E-state index in [0.29, 0.717) is 13.0 Å². The number of aliphatic hydroxyl groups excluding tert-OH is 1. The van der Waals surface area contributed by atoms with Gasteiger partial charge in [-0.1, -0.05) is 18.2 Å². The van der Waals surface area contributed by atoms with Gasteiger partial charge >= 0.3 is 6.18 Å². The van der Waals surface area contributed by atoms with Gasteiger partial charge in [0.25, 0.3) is 0 Å². The van der Waals surface area contributed by atoms with Crippen molar-refractivity contribution in [3.63, 3.8) is 0 Å². The van der Waals surface area contributed by atoms with E-state index in [-0.39, 0.29) is 18.9 Å². The minimum absolute atomic E-state index is 0.0917. The molecule has 0 saturated carbocycles. The smallest absolute Gasteiger partial charge is 0.411 e. The molecule has 0 radical (unpaired) electrons. The lowest BCUT2D eigenvalue weighted by Gasteiger charge is -2.27. The fourth-order valence-electron chi connectivity index (χ4n) is 2.51. The lowest BCUT2D eigenvalue weighted by Crippen LogP contribution is -2.22. The highest BCUT2D eigenvalue weighted by Crippen LogP contribution is 2.36. The summed E-state index contributed by atoms with van der Waals surface area (Å²) in [6.07, 6.45) is -3.47. The summed E-state index contributed by atoms with van der Waals surface area (Å²) in [5, 5.41) is 9.95. The molecule has 1 aromatic rings. The van der Waals surface area contributed by atoms with Crippen LogP contribution < -0.4 is 4.74 Å². The van der Waals surface area contributed by atoms with Crippen molar-refractivity contribution >= 4 is 0 Å². The molecular weight excluding hydrogens is 285 g/mol. The molecule has 1 N–H and O–H groups in total. The van der Waals surface area contributed by atoms with E-state index in [4.69, 9.17) is 4.74 Å². The van der Waals surface area contributed by atoms with Gasteiger partial charge in [0.15, 0.2) is 0 Å². The Morgan fingerprint density at radius 3 is 2.86 bits per heavy atom. The monoisotopic (exact) mass is 304 g/mol. The molecule has 0 fully saturated rings. The lowest BCUT2D eigenvalue weighted by atomic mass is 9.88. The van der Waals surface area contributed by atoms with Crippen molar-refractivity contribution in [2.45, 2.75) is 37.5 Å². The molecule has 0 aliphatic carbocycles. The van der Waals surface area contributed by atoms with E-state index in [0.717, 1.165) is 17.7 Å². The maximum Gasteiger partial charge on any atom is 0.411 e. The van der Waals surface area contributed by atoms with Crippen LogP contribution in [0.4, 0.5) is 13.2 Å². The summed E-state index contributed by atoms with van der Waals surface area (Å²) in [7, 11) is 0. The molecule has 2 rings (SSSR count). The molecule has 0 amide bonds. The fraction of sp³-hybridized carbons (Fsp3) is 0.600. The van der Waals surface area contributed by atoms with E-state index in [1.807, 2.05) is 24.3 Å². The quantitative estimate of drug-likeness (QED) is 0.820. The minimum Gasteiger partial charge on any atom is -0.493 e. The van der Waals surface area contributed by atoms with Gasteiger partial charge in [0.2, 0.25) is 0 Å². The van der Waals surface area contributed by atoms with Gasteiger partial charge < -0.3 is 14.6 Å². The number of rotatable bonds is 6. The summed E-state index contributed by atoms with van der Waals surface area (Å²) in [5.74, 6) is 1.00. The predicted octanol–water partition coefficient (Wildman–Crippen LogP) is 3.27. The zero-order valence-electron chi connectivity index (χ0n) is 11.6. The Labute approximate surface area is 121 Å². The zero-order valence-corrected chi connectivity index (χ0v) is 11.6. The van der Waals surface area contributed by atoms with Gasteiger partial charge in [-0.2, -0.15) is 13.2 Å². The number of ether oxygens (including phenoxy) is 2. The van der Waals surface area contributed by atoms with Crippen LogP contribution in [-0.4, -0.2) is 37.2 Å². The summed E-state index contributed by atoms with van der Waals surface area (Å²) in [6, 6.07) is 7.66. The number of halogens is 3. The zero-order chi connectivity index (χ0) is 15.3. The van der Waals surface area contributed by atoms with Gasteiger partial charge in [-0.3, -0.25) is 0 Å². The fourth-order valence-corrected chi connectivity index (χ4v) is 2.51. The minimum atomic E-state index is -4.31. The molecule has 118 valence electrons. The molecule has 1 heterocycles. The Hall–Kier alpha value is -1.27. The first-order chi connectivity index (χ1) is 9.96. The number of benzene rings is 1. The Bertz CT molecular complexity index is 448. The maximum absolute atomic E-state index is 11.9. The van der Waals surface area contributed by atoms with Crippen molar-refractivity contribution in [3.8, 4) is 5.75 Å². The average Bonchev–Trinajstić information content (AvgIpc) is 2.43. The molecule has 3 nitrogen and oxygen atoms in total.